The Kier molecular flexibility index (Phi) is 5.21. The Morgan fingerprint density at radius 1 is 0.917 bits per heavy atom. The van der Waals surface area contributed by atoms with Crippen molar-refractivity contribution in [2.24, 2.45) is 0 Å². The zero-order chi connectivity index (χ0) is 16.9. The van der Waals surface area contributed by atoms with Crippen LogP contribution in [0, 0.1) is 6.92 Å². The molecule has 0 aromatic heterocycles. The van der Waals surface area contributed by atoms with Gasteiger partial charge >= 0.3 is 0 Å². The molecule has 0 unspecified atom stereocenters. The molecule has 0 spiro atoms. The van der Waals surface area contributed by atoms with Crippen LogP contribution in [0.15, 0.2) is 71.2 Å². The fourth-order valence-electron chi connectivity index (χ4n) is 2.63. The second-order valence-corrected chi connectivity index (χ2v) is 6.73. The lowest BCUT2D eigenvalue weighted by Gasteiger charge is -2.13. The predicted molar refractivity (Wildman–Crippen MR) is 101 cm³/mol. The van der Waals surface area contributed by atoms with Gasteiger partial charge in [0, 0.05) is 22.5 Å². The lowest BCUT2D eigenvalue weighted by molar-refractivity contribution is 0.304. The van der Waals surface area contributed by atoms with Gasteiger partial charge in [0.05, 0.1) is 0 Å². The Bertz CT molecular complexity index is 788. The first-order valence-corrected chi connectivity index (χ1v) is 8.65. The van der Waals surface area contributed by atoms with E-state index in [9.17, 15) is 5.11 Å². The van der Waals surface area contributed by atoms with Crippen LogP contribution in [0.2, 0.25) is 0 Å². The quantitative estimate of drug-likeness (QED) is 0.619. The summed E-state index contributed by atoms with van der Waals surface area (Å²) in [5.41, 5.74) is 4.23. The summed E-state index contributed by atoms with van der Waals surface area (Å²) >= 11 is 3.44. The molecule has 0 saturated carbocycles. The predicted octanol–water partition coefficient (Wildman–Crippen LogP) is 5.63. The number of phenolic OH excluding ortho intramolecular Hbond substituents is 1. The van der Waals surface area contributed by atoms with Gasteiger partial charge in [-0.25, -0.2) is 0 Å². The largest absolute Gasteiger partial charge is 0.508 e. The lowest BCUT2D eigenvalue weighted by atomic mass is 9.99. The summed E-state index contributed by atoms with van der Waals surface area (Å²) in [4.78, 5) is 0. The zero-order valence-electron chi connectivity index (χ0n) is 13.5. The van der Waals surface area contributed by atoms with Gasteiger partial charge in [-0.3, -0.25) is 0 Å². The first-order chi connectivity index (χ1) is 11.6. The number of hydrogen-bond donors (Lipinski definition) is 1. The third kappa shape index (κ3) is 4.18. The molecule has 3 aromatic rings. The SMILES string of the molecule is Cc1cc(OCc2ccccc2)cc(O)c1Cc1ccc(Br)cc1. The van der Waals surface area contributed by atoms with Crippen molar-refractivity contribution >= 4 is 15.9 Å². The molecule has 2 nitrogen and oxygen atoms in total. The van der Waals surface area contributed by atoms with Crippen molar-refractivity contribution in [3.05, 3.63) is 93.5 Å². The summed E-state index contributed by atoms with van der Waals surface area (Å²) in [5.74, 6) is 0.967. The third-order valence-corrected chi connectivity index (χ3v) is 4.49. The van der Waals surface area contributed by atoms with E-state index < -0.39 is 0 Å². The minimum atomic E-state index is 0.279. The van der Waals surface area contributed by atoms with Gasteiger partial charge < -0.3 is 9.84 Å². The highest BCUT2D eigenvalue weighted by Crippen LogP contribution is 2.30. The third-order valence-electron chi connectivity index (χ3n) is 3.97. The maximum atomic E-state index is 10.4. The molecule has 3 heteroatoms. The number of halogens is 1. The average molecular weight is 383 g/mol. The lowest BCUT2D eigenvalue weighted by Crippen LogP contribution is -1.98. The molecule has 0 heterocycles. The van der Waals surface area contributed by atoms with Crippen LogP contribution in [0.3, 0.4) is 0 Å². The van der Waals surface area contributed by atoms with Gasteiger partial charge in [0.1, 0.15) is 18.1 Å². The number of hydrogen-bond acceptors (Lipinski definition) is 2. The Morgan fingerprint density at radius 2 is 1.62 bits per heavy atom. The van der Waals surface area contributed by atoms with E-state index in [-0.39, 0.29) is 5.75 Å². The highest BCUT2D eigenvalue weighted by molar-refractivity contribution is 9.10. The topological polar surface area (TPSA) is 29.5 Å². The van der Waals surface area contributed by atoms with Crippen molar-refractivity contribution in [2.45, 2.75) is 20.0 Å². The maximum Gasteiger partial charge on any atom is 0.123 e. The first-order valence-electron chi connectivity index (χ1n) is 7.85. The number of ether oxygens (including phenoxy) is 1. The van der Waals surface area contributed by atoms with Crippen LogP contribution in [0.25, 0.3) is 0 Å². The minimum Gasteiger partial charge on any atom is -0.508 e. The van der Waals surface area contributed by atoms with E-state index in [2.05, 4.69) is 28.1 Å². The van der Waals surface area contributed by atoms with Crippen molar-refractivity contribution in [2.75, 3.05) is 0 Å². The first kappa shape index (κ1) is 16.6. The van der Waals surface area contributed by atoms with Crippen molar-refractivity contribution < 1.29 is 9.84 Å². The Labute approximate surface area is 150 Å². The number of aromatic hydroxyl groups is 1. The highest BCUT2D eigenvalue weighted by atomic mass is 79.9. The molecule has 0 atom stereocenters. The fraction of sp³-hybridized carbons (Fsp3) is 0.143. The summed E-state index contributed by atoms with van der Waals surface area (Å²) in [7, 11) is 0. The molecule has 24 heavy (non-hydrogen) atoms. The molecule has 0 bridgehead atoms. The van der Waals surface area contributed by atoms with E-state index in [1.165, 1.54) is 0 Å². The summed E-state index contributed by atoms with van der Waals surface area (Å²) in [5, 5.41) is 10.4. The van der Waals surface area contributed by atoms with Gasteiger partial charge in [-0.15, -0.1) is 0 Å². The van der Waals surface area contributed by atoms with Crippen LogP contribution < -0.4 is 4.74 Å². The molecule has 122 valence electrons. The molecular weight excluding hydrogens is 364 g/mol. The monoisotopic (exact) mass is 382 g/mol. The molecule has 1 N–H and O–H groups in total. The molecule has 0 fully saturated rings. The standard InChI is InChI=1S/C21H19BrO2/c1-15-11-19(24-14-17-5-3-2-4-6-17)13-21(23)20(15)12-16-7-9-18(22)10-8-16/h2-11,13,23H,12,14H2,1H3. The Balaban J connectivity index is 1.74. The molecule has 3 aromatic carbocycles. The zero-order valence-corrected chi connectivity index (χ0v) is 15.1. The summed E-state index contributed by atoms with van der Waals surface area (Å²) in [6.07, 6.45) is 0.698. The van der Waals surface area contributed by atoms with Crippen LogP contribution in [0.5, 0.6) is 11.5 Å². The number of aryl methyl sites for hydroxylation is 1. The van der Waals surface area contributed by atoms with Gasteiger partial charge in [0.15, 0.2) is 0 Å². The molecular formula is C21H19BrO2. The maximum absolute atomic E-state index is 10.4. The van der Waals surface area contributed by atoms with Gasteiger partial charge in [0.2, 0.25) is 0 Å². The molecule has 0 aliphatic heterocycles. The van der Waals surface area contributed by atoms with Crippen molar-refractivity contribution in [3.8, 4) is 11.5 Å². The Morgan fingerprint density at radius 3 is 2.29 bits per heavy atom. The number of benzene rings is 3. The van der Waals surface area contributed by atoms with Crippen LogP contribution in [0.4, 0.5) is 0 Å². The molecule has 0 aliphatic carbocycles. The van der Waals surface area contributed by atoms with Crippen molar-refractivity contribution in [3.63, 3.8) is 0 Å². The van der Waals surface area contributed by atoms with Crippen LogP contribution in [-0.2, 0) is 13.0 Å². The highest BCUT2D eigenvalue weighted by Gasteiger charge is 2.09. The number of rotatable bonds is 5. The normalized spacial score (nSPS) is 10.6. The van der Waals surface area contributed by atoms with Gasteiger partial charge in [0.25, 0.3) is 0 Å². The van der Waals surface area contributed by atoms with Crippen LogP contribution in [0.1, 0.15) is 22.3 Å². The second-order valence-electron chi connectivity index (χ2n) is 5.82. The van der Waals surface area contributed by atoms with E-state index >= 15 is 0 Å². The summed E-state index contributed by atoms with van der Waals surface area (Å²) < 4.78 is 6.86. The molecule has 0 radical (unpaired) electrons. The molecule has 0 aliphatic rings. The molecule has 0 amide bonds. The second kappa shape index (κ2) is 7.54. The average Bonchev–Trinajstić information content (AvgIpc) is 2.59. The van der Waals surface area contributed by atoms with E-state index in [4.69, 9.17) is 4.74 Å². The van der Waals surface area contributed by atoms with Gasteiger partial charge in [-0.2, -0.15) is 0 Å². The smallest absolute Gasteiger partial charge is 0.123 e. The van der Waals surface area contributed by atoms with E-state index in [0.717, 1.165) is 26.7 Å². The fourth-order valence-corrected chi connectivity index (χ4v) is 2.89. The van der Waals surface area contributed by atoms with Crippen LogP contribution >= 0.6 is 15.9 Å². The van der Waals surface area contributed by atoms with Crippen LogP contribution in [-0.4, -0.2) is 5.11 Å². The number of phenols is 1. The Hall–Kier alpha value is -2.26. The van der Waals surface area contributed by atoms with E-state index in [0.29, 0.717) is 18.8 Å². The molecule has 3 rings (SSSR count). The summed E-state index contributed by atoms with van der Waals surface area (Å²) in [6.45, 7) is 2.50. The minimum absolute atomic E-state index is 0.279. The van der Waals surface area contributed by atoms with E-state index in [1.807, 2.05) is 55.5 Å². The van der Waals surface area contributed by atoms with Crippen molar-refractivity contribution in [1.29, 1.82) is 0 Å². The molecule has 0 saturated heterocycles. The van der Waals surface area contributed by atoms with Gasteiger partial charge in [-0.1, -0.05) is 58.4 Å². The summed E-state index contributed by atoms with van der Waals surface area (Å²) in [6, 6.07) is 21.8. The van der Waals surface area contributed by atoms with Crippen molar-refractivity contribution in [1.82, 2.24) is 0 Å². The van der Waals surface area contributed by atoms with Gasteiger partial charge in [-0.05, 0) is 41.8 Å². The van der Waals surface area contributed by atoms with E-state index in [1.54, 1.807) is 6.07 Å².